The van der Waals surface area contributed by atoms with Gasteiger partial charge in [0.2, 0.25) is 0 Å². The Morgan fingerprint density at radius 1 is 1.16 bits per heavy atom. The molecule has 1 N–H and O–H groups in total. The summed E-state index contributed by atoms with van der Waals surface area (Å²) in [5, 5.41) is 9.19. The third-order valence-corrected chi connectivity index (χ3v) is 4.56. The maximum absolute atomic E-state index is 9.19. The lowest BCUT2D eigenvalue weighted by Gasteiger charge is -2.39. The van der Waals surface area contributed by atoms with Crippen molar-refractivity contribution in [1.29, 1.82) is 0 Å². The minimum Gasteiger partial charge on any atom is -0.394 e. The summed E-state index contributed by atoms with van der Waals surface area (Å²) < 4.78 is 6.06. The number of hydrogen-bond donors (Lipinski definition) is 1. The lowest BCUT2D eigenvalue weighted by Crippen LogP contribution is -2.44. The van der Waals surface area contributed by atoms with E-state index >= 15 is 0 Å². The van der Waals surface area contributed by atoms with Crippen LogP contribution in [0.3, 0.4) is 0 Å². The lowest BCUT2D eigenvalue weighted by molar-refractivity contribution is -0.0900. The average Bonchev–Trinajstić information content (AvgIpc) is 2.86. The molecule has 1 unspecified atom stereocenters. The van der Waals surface area contributed by atoms with E-state index < -0.39 is 0 Å². The van der Waals surface area contributed by atoms with Crippen molar-refractivity contribution in [3.05, 3.63) is 35.9 Å². The van der Waals surface area contributed by atoms with Gasteiger partial charge in [-0.25, -0.2) is 0 Å². The van der Waals surface area contributed by atoms with Crippen molar-refractivity contribution in [3.8, 4) is 0 Å². The van der Waals surface area contributed by atoms with Gasteiger partial charge in [0, 0.05) is 19.6 Å². The predicted octanol–water partition coefficient (Wildman–Crippen LogP) is 2.19. The highest BCUT2D eigenvalue weighted by Gasteiger charge is 2.41. The standard InChI is InChI=1S/C16H23NO2/c18-13-15-6-7-16(19-15)8-10-17(11-9-16)12-14-4-2-1-3-5-14/h1-5,15,18H,6-13H2. The molecule has 2 fully saturated rings. The maximum atomic E-state index is 9.19. The number of likely N-dealkylation sites (tertiary alicyclic amines) is 1. The number of ether oxygens (including phenoxy) is 1. The van der Waals surface area contributed by atoms with E-state index in [9.17, 15) is 5.11 Å². The Labute approximate surface area is 115 Å². The molecule has 3 rings (SSSR count). The van der Waals surface area contributed by atoms with E-state index in [4.69, 9.17) is 4.74 Å². The molecule has 1 aromatic carbocycles. The Balaban J connectivity index is 1.53. The Hall–Kier alpha value is -0.900. The lowest BCUT2D eigenvalue weighted by atomic mass is 9.88. The Morgan fingerprint density at radius 2 is 1.89 bits per heavy atom. The number of aliphatic hydroxyl groups excluding tert-OH is 1. The first-order valence-electron chi connectivity index (χ1n) is 7.35. The molecule has 0 amide bonds. The second-order valence-electron chi connectivity index (χ2n) is 5.91. The summed E-state index contributed by atoms with van der Waals surface area (Å²) in [6.07, 6.45) is 4.44. The average molecular weight is 261 g/mol. The summed E-state index contributed by atoms with van der Waals surface area (Å²) in [7, 11) is 0. The van der Waals surface area contributed by atoms with E-state index in [1.165, 1.54) is 5.56 Å². The van der Waals surface area contributed by atoms with Gasteiger partial charge in [-0.2, -0.15) is 0 Å². The number of benzene rings is 1. The first kappa shape index (κ1) is 13.1. The highest BCUT2D eigenvalue weighted by molar-refractivity contribution is 5.14. The molecule has 0 radical (unpaired) electrons. The molecule has 0 bridgehead atoms. The van der Waals surface area contributed by atoms with Crippen LogP contribution in [0.5, 0.6) is 0 Å². The highest BCUT2D eigenvalue weighted by atomic mass is 16.5. The smallest absolute Gasteiger partial charge is 0.0814 e. The van der Waals surface area contributed by atoms with Gasteiger partial charge in [-0.1, -0.05) is 30.3 Å². The van der Waals surface area contributed by atoms with Gasteiger partial charge in [-0.3, -0.25) is 4.90 Å². The molecule has 2 saturated heterocycles. The van der Waals surface area contributed by atoms with Crippen LogP contribution in [0.15, 0.2) is 30.3 Å². The molecule has 1 aromatic rings. The fourth-order valence-electron chi connectivity index (χ4n) is 3.35. The SMILES string of the molecule is OCC1CCC2(CCN(Cc3ccccc3)CC2)O1. The fraction of sp³-hybridized carbons (Fsp3) is 0.625. The van der Waals surface area contributed by atoms with Crippen LogP contribution < -0.4 is 0 Å². The molecule has 1 spiro atoms. The monoisotopic (exact) mass is 261 g/mol. The highest BCUT2D eigenvalue weighted by Crippen LogP contribution is 2.38. The third-order valence-electron chi connectivity index (χ3n) is 4.56. The van der Waals surface area contributed by atoms with Crippen LogP contribution in [0.2, 0.25) is 0 Å². The van der Waals surface area contributed by atoms with E-state index in [1.54, 1.807) is 0 Å². The van der Waals surface area contributed by atoms with Crippen LogP contribution >= 0.6 is 0 Å². The molecule has 3 heteroatoms. The van der Waals surface area contributed by atoms with Gasteiger partial charge < -0.3 is 9.84 Å². The molecular formula is C16H23NO2. The molecule has 1 atom stereocenters. The molecule has 2 heterocycles. The van der Waals surface area contributed by atoms with Gasteiger partial charge >= 0.3 is 0 Å². The summed E-state index contributed by atoms with van der Waals surface area (Å²) in [6, 6.07) is 10.7. The maximum Gasteiger partial charge on any atom is 0.0814 e. The van der Waals surface area contributed by atoms with Gasteiger partial charge in [0.25, 0.3) is 0 Å². The summed E-state index contributed by atoms with van der Waals surface area (Å²) in [5.41, 5.74) is 1.46. The zero-order valence-electron chi connectivity index (χ0n) is 11.4. The van der Waals surface area contributed by atoms with Crippen molar-refractivity contribution < 1.29 is 9.84 Å². The first-order valence-corrected chi connectivity index (χ1v) is 7.35. The summed E-state index contributed by atoms with van der Waals surface area (Å²) in [4.78, 5) is 2.51. The van der Waals surface area contributed by atoms with Gasteiger partial charge in [-0.15, -0.1) is 0 Å². The van der Waals surface area contributed by atoms with Crippen molar-refractivity contribution >= 4 is 0 Å². The second-order valence-corrected chi connectivity index (χ2v) is 5.91. The summed E-state index contributed by atoms with van der Waals surface area (Å²) in [6.45, 7) is 3.43. The van der Waals surface area contributed by atoms with Gasteiger partial charge in [0.05, 0.1) is 18.3 Å². The zero-order chi connectivity index (χ0) is 13.1. The largest absolute Gasteiger partial charge is 0.394 e. The predicted molar refractivity (Wildman–Crippen MR) is 74.9 cm³/mol. The van der Waals surface area contributed by atoms with E-state index in [2.05, 4.69) is 35.2 Å². The molecule has 0 aliphatic carbocycles. The number of nitrogens with zero attached hydrogens (tertiary/aromatic N) is 1. The van der Waals surface area contributed by atoms with E-state index in [-0.39, 0.29) is 18.3 Å². The van der Waals surface area contributed by atoms with Crippen molar-refractivity contribution in [2.45, 2.75) is 43.9 Å². The van der Waals surface area contributed by atoms with E-state index in [0.29, 0.717) is 0 Å². The second kappa shape index (κ2) is 5.61. The van der Waals surface area contributed by atoms with E-state index in [0.717, 1.165) is 45.3 Å². The van der Waals surface area contributed by atoms with Crippen molar-refractivity contribution in [3.63, 3.8) is 0 Å². The number of rotatable bonds is 3. The molecule has 104 valence electrons. The zero-order valence-corrected chi connectivity index (χ0v) is 11.4. The van der Waals surface area contributed by atoms with Crippen molar-refractivity contribution in [2.24, 2.45) is 0 Å². The van der Waals surface area contributed by atoms with Crippen LogP contribution in [0, 0.1) is 0 Å². The van der Waals surface area contributed by atoms with Crippen molar-refractivity contribution in [2.75, 3.05) is 19.7 Å². The van der Waals surface area contributed by atoms with Crippen LogP contribution in [0.1, 0.15) is 31.2 Å². The molecule has 0 aromatic heterocycles. The number of aliphatic hydroxyl groups is 1. The molecular weight excluding hydrogens is 238 g/mol. The molecule has 2 aliphatic heterocycles. The van der Waals surface area contributed by atoms with Gasteiger partial charge in [0.1, 0.15) is 0 Å². The van der Waals surface area contributed by atoms with Crippen LogP contribution in [0.4, 0.5) is 0 Å². The minimum atomic E-state index is 0.0700. The molecule has 3 nitrogen and oxygen atoms in total. The van der Waals surface area contributed by atoms with Crippen LogP contribution in [-0.2, 0) is 11.3 Å². The van der Waals surface area contributed by atoms with Gasteiger partial charge in [-0.05, 0) is 31.2 Å². The van der Waals surface area contributed by atoms with Gasteiger partial charge in [0.15, 0.2) is 0 Å². The minimum absolute atomic E-state index is 0.0700. The Morgan fingerprint density at radius 3 is 2.53 bits per heavy atom. The Kier molecular flexibility index (Phi) is 3.87. The van der Waals surface area contributed by atoms with E-state index in [1.807, 2.05) is 0 Å². The first-order chi connectivity index (χ1) is 9.30. The normalized spacial score (nSPS) is 26.9. The third kappa shape index (κ3) is 2.99. The molecule has 0 saturated carbocycles. The summed E-state index contributed by atoms with van der Waals surface area (Å²) >= 11 is 0. The quantitative estimate of drug-likeness (QED) is 0.905. The Bertz CT molecular complexity index is 398. The molecule has 2 aliphatic rings. The fourth-order valence-corrected chi connectivity index (χ4v) is 3.35. The summed E-state index contributed by atoms with van der Waals surface area (Å²) in [5.74, 6) is 0. The number of hydrogen-bond acceptors (Lipinski definition) is 3. The van der Waals surface area contributed by atoms with Crippen LogP contribution in [-0.4, -0.2) is 41.4 Å². The molecule has 19 heavy (non-hydrogen) atoms. The number of piperidine rings is 1. The topological polar surface area (TPSA) is 32.7 Å². The van der Waals surface area contributed by atoms with Crippen LogP contribution in [0.25, 0.3) is 0 Å². The van der Waals surface area contributed by atoms with Crippen molar-refractivity contribution in [1.82, 2.24) is 4.90 Å².